The third-order valence-corrected chi connectivity index (χ3v) is 3.19. The van der Waals surface area contributed by atoms with E-state index < -0.39 is 6.17 Å². The molecule has 20 heavy (non-hydrogen) atoms. The summed E-state index contributed by atoms with van der Waals surface area (Å²) in [5.41, 5.74) is 8.89. The van der Waals surface area contributed by atoms with E-state index in [2.05, 4.69) is 5.32 Å². The predicted molar refractivity (Wildman–Crippen MR) is 81.0 cm³/mol. The lowest BCUT2D eigenvalue weighted by molar-refractivity contribution is -0.116. The van der Waals surface area contributed by atoms with E-state index >= 15 is 0 Å². The summed E-state index contributed by atoms with van der Waals surface area (Å²) in [5, 5.41) is 2.81. The summed E-state index contributed by atoms with van der Waals surface area (Å²) >= 11 is 0. The standard InChI is InChI=1S/C16H19FN2O/c1-2-3-16(20)19-15-10-12(6-9-14(15)18)11-4-7-13(17)8-5-11/h4-7,9-10,13H,2-3,8,18H2,1H3,(H,19,20). The zero-order chi connectivity index (χ0) is 14.5. The molecule has 1 atom stereocenters. The van der Waals surface area contributed by atoms with Crippen molar-refractivity contribution in [3.8, 4) is 0 Å². The van der Waals surface area contributed by atoms with Crippen molar-refractivity contribution >= 4 is 22.9 Å². The second-order valence-electron chi connectivity index (χ2n) is 4.87. The van der Waals surface area contributed by atoms with E-state index in [1.165, 1.54) is 0 Å². The third-order valence-electron chi connectivity index (χ3n) is 3.19. The number of hydrogen-bond acceptors (Lipinski definition) is 2. The van der Waals surface area contributed by atoms with E-state index in [-0.39, 0.29) is 5.91 Å². The van der Waals surface area contributed by atoms with Crippen molar-refractivity contribution in [2.24, 2.45) is 0 Å². The fourth-order valence-electron chi connectivity index (χ4n) is 2.09. The Bertz CT molecular complexity index is 564. The monoisotopic (exact) mass is 274 g/mol. The first kappa shape index (κ1) is 14.3. The molecule has 0 aliphatic heterocycles. The van der Waals surface area contributed by atoms with Gasteiger partial charge in [-0.3, -0.25) is 4.79 Å². The molecule has 0 saturated heterocycles. The Kier molecular flexibility index (Phi) is 4.56. The van der Waals surface area contributed by atoms with Gasteiger partial charge in [-0.15, -0.1) is 0 Å². The van der Waals surface area contributed by atoms with Gasteiger partial charge in [-0.25, -0.2) is 4.39 Å². The molecule has 3 N–H and O–H groups in total. The van der Waals surface area contributed by atoms with E-state index in [1.807, 2.05) is 25.1 Å². The maximum atomic E-state index is 13.1. The van der Waals surface area contributed by atoms with E-state index in [9.17, 15) is 9.18 Å². The molecule has 1 aliphatic carbocycles. The highest BCUT2D eigenvalue weighted by Gasteiger charge is 2.10. The van der Waals surface area contributed by atoms with Crippen molar-refractivity contribution in [1.29, 1.82) is 0 Å². The van der Waals surface area contributed by atoms with Crippen LogP contribution in [0.15, 0.2) is 36.4 Å². The molecule has 0 fully saturated rings. The minimum atomic E-state index is -0.906. The van der Waals surface area contributed by atoms with Crippen LogP contribution >= 0.6 is 0 Å². The molecule has 1 aromatic rings. The number of amides is 1. The first-order valence-corrected chi connectivity index (χ1v) is 6.82. The van der Waals surface area contributed by atoms with E-state index in [4.69, 9.17) is 5.73 Å². The molecule has 1 aromatic carbocycles. The van der Waals surface area contributed by atoms with Gasteiger partial charge in [0.25, 0.3) is 0 Å². The normalized spacial score (nSPS) is 17.7. The minimum Gasteiger partial charge on any atom is -0.397 e. The lowest BCUT2D eigenvalue weighted by Crippen LogP contribution is -2.12. The number of rotatable bonds is 4. The Balaban J connectivity index is 2.20. The predicted octanol–water partition coefficient (Wildman–Crippen LogP) is 3.69. The van der Waals surface area contributed by atoms with Crippen molar-refractivity contribution in [2.75, 3.05) is 11.1 Å². The molecule has 0 aromatic heterocycles. The van der Waals surface area contributed by atoms with Crippen LogP contribution in [0.3, 0.4) is 0 Å². The molecule has 0 heterocycles. The zero-order valence-electron chi connectivity index (χ0n) is 11.5. The molecule has 3 nitrogen and oxygen atoms in total. The number of halogens is 1. The molecule has 1 aliphatic rings. The van der Waals surface area contributed by atoms with Crippen molar-refractivity contribution in [3.63, 3.8) is 0 Å². The molecular formula is C16H19FN2O. The summed E-state index contributed by atoms with van der Waals surface area (Å²) in [6, 6.07) is 5.46. The van der Waals surface area contributed by atoms with Crippen LogP contribution in [0.4, 0.5) is 15.8 Å². The van der Waals surface area contributed by atoms with Gasteiger partial charge >= 0.3 is 0 Å². The second kappa shape index (κ2) is 6.37. The van der Waals surface area contributed by atoms with E-state index in [0.717, 1.165) is 17.6 Å². The van der Waals surface area contributed by atoms with Crippen LogP contribution < -0.4 is 11.1 Å². The molecule has 0 bridgehead atoms. The molecule has 2 rings (SSSR count). The largest absolute Gasteiger partial charge is 0.397 e. The van der Waals surface area contributed by atoms with Crippen LogP contribution in [0.2, 0.25) is 0 Å². The van der Waals surface area contributed by atoms with Crippen LogP contribution in [-0.2, 0) is 4.79 Å². The topological polar surface area (TPSA) is 55.1 Å². The first-order valence-electron chi connectivity index (χ1n) is 6.82. The summed E-state index contributed by atoms with van der Waals surface area (Å²) in [6.45, 7) is 1.95. The average Bonchev–Trinajstić information content (AvgIpc) is 2.42. The van der Waals surface area contributed by atoms with Gasteiger partial charge in [0.05, 0.1) is 11.4 Å². The summed E-state index contributed by atoms with van der Waals surface area (Å²) < 4.78 is 13.1. The second-order valence-corrected chi connectivity index (χ2v) is 4.87. The fraction of sp³-hybridized carbons (Fsp3) is 0.312. The quantitative estimate of drug-likeness (QED) is 0.823. The first-order chi connectivity index (χ1) is 9.60. The summed E-state index contributed by atoms with van der Waals surface area (Å²) in [4.78, 5) is 11.7. The number of allylic oxidation sites excluding steroid dienone is 4. The highest BCUT2D eigenvalue weighted by atomic mass is 19.1. The molecule has 4 heteroatoms. The Morgan fingerprint density at radius 2 is 2.30 bits per heavy atom. The lowest BCUT2D eigenvalue weighted by Gasteiger charge is -2.13. The number of nitrogens with two attached hydrogens (primary N) is 1. The number of carbonyl (C=O) groups is 1. The van der Waals surface area contributed by atoms with Gasteiger partial charge in [-0.05, 0) is 35.8 Å². The molecular weight excluding hydrogens is 255 g/mol. The zero-order valence-corrected chi connectivity index (χ0v) is 11.5. The number of hydrogen-bond donors (Lipinski definition) is 2. The van der Waals surface area contributed by atoms with Crippen molar-refractivity contribution in [1.82, 2.24) is 0 Å². The molecule has 0 spiro atoms. The number of anilines is 2. The molecule has 0 radical (unpaired) electrons. The van der Waals surface area contributed by atoms with Crippen molar-refractivity contribution in [3.05, 3.63) is 42.0 Å². The Labute approximate surface area is 118 Å². The molecule has 1 amide bonds. The minimum absolute atomic E-state index is 0.0478. The summed E-state index contributed by atoms with van der Waals surface area (Å²) in [7, 11) is 0. The maximum Gasteiger partial charge on any atom is 0.224 e. The lowest BCUT2D eigenvalue weighted by atomic mass is 9.98. The van der Waals surface area contributed by atoms with Gasteiger partial charge in [-0.1, -0.05) is 25.1 Å². The van der Waals surface area contributed by atoms with E-state index in [1.54, 1.807) is 18.2 Å². The van der Waals surface area contributed by atoms with Crippen LogP contribution in [-0.4, -0.2) is 12.1 Å². The van der Waals surface area contributed by atoms with Crippen molar-refractivity contribution in [2.45, 2.75) is 32.4 Å². The fourth-order valence-corrected chi connectivity index (χ4v) is 2.09. The highest BCUT2D eigenvalue weighted by Crippen LogP contribution is 2.28. The van der Waals surface area contributed by atoms with Gasteiger partial charge in [0.2, 0.25) is 5.91 Å². The maximum absolute atomic E-state index is 13.1. The van der Waals surface area contributed by atoms with Crippen LogP contribution in [0, 0.1) is 0 Å². The summed E-state index contributed by atoms with van der Waals surface area (Å²) in [6.07, 6.45) is 5.89. The number of carbonyl (C=O) groups excluding carboxylic acids is 1. The van der Waals surface area contributed by atoms with Crippen LogP contribution in [0.25, 0.3) is 5.57 Å². The molecule has 106 valence electrons. The van der Waals surface area contributed by atoms with Gasteiger partial charge in [0, 0.05) is 12.8 Å². The average molecular weight is 274 g/mol. The van der Waals surface area contributed by atoms with Gasteiger partial charge in [0.1, 0.15) is 6.17 Å². The van der Waals surface area contributed by atoms with Gasteiger partial charge in [-0.2, -0.15) is 0 Å². The SMILES string of the molecule is CCCC(=O)Nc1cc(C2=CCC(F)C=C2)ccc1N. The molecule has 1 unspecified atom stereocenters. The third kappa shape index (κ3) is 3.47. The number of nitrogen functional groups attached to an aromatic ring is 1. The highest BCUT2D eigenvalue weighted by molar-refractivity contribution is 5.95. The Morgan fingerprint density at radius 1 is 1.50 bits per heavy atom. The van der Waals surface area contributed by atoms with Crippen LogP contribution in [0.1, 0.15) is 31.7 Å². The van der Waals surface area contributed by atoms with Gasteiger partial charge in [0.15, 0.2) is 0 Å². The summed E-state index contributed by atoms with van der Waals surface area (Å²) in [5.74, 6) is -0.0478. The Morgan fingerprint density at radius 3 is 2.95 bits per heavy atom. The van der Waals surface area contributed by atoms with Crippen LogP contribution in [0.5, 0.6) is 0 Å². The number of nitrogens with one attached hydrogen (secondary N) is 1. The van der Waals surface area contributed by atoms with Gasteiger partial charge < -0.3 is 11.1 Å². The van der Waals surface area contributed by atoms with Crippen molar-refractivity contribution < 1.29 is 9.18 Å². The number of benzene rings is 1. The van der Waals surface area contributed by atoms with E-state index in [0.29, 0.717) is 24.2 Å². The number of alkyl halides is 1. The smallest absolute Gasteiger partial charge is 0.224 e. The molecule has 0 saturated carbocycles. The Hall–Kier alpha value is -2.10.